The highest BCUT2D eigenvalue weighted by atomic mass is 16.5. The Hall–Kier alpha value is -3.55. The van der Waals surface area contributed by atoms with Crippen LogP contribution in [0.25, 0.3) is 0 Å². The van der Waals surface area contributed by atoms with Crippen LogP contribution in [0.5, 0.6) is 0 Å². The van der Waals surface area contributed by atoms with Crippen LogP contribution in [0.1, 0.15) is 40.2 Å². The lowest BCUT2D eigenvalue weighted by molar-refractivity contribution is -0.139. The van der Waals surface area contributed by atoms with Crippen LogP contribution in [-0.4, -0.2) is 31.2 Å². The van der Waals surface area contributed by atoms with Crippen molar-refractivity contribution in [2.75, 3.05) is 13.2 Å². The standard InChI is InChI=1S/C21H22N2O6/c1-4-27-20(25)17-15(22-21(26)23-18(17)16-6-5-9-28-16)11-29-19(24)14-8-7-12(2)10-13(14)3/h5-10,18H,4,11H2,1-3H3,(H2,22,23,26). The summed E-state index contributed by atoms with van der Waals surface area (Å²) in [7, 11) is 0. The van der Waals surface area contributed by atoms with Gasteiger partial charge >= 0.3 is 18.0 Å². The molecule has 1 aliphatic rings. The van der Waals surface area contributed by atoms with Crippen molar-refractivity contribution >= 4 is 18.0 Å². The largest absolute Gasteiger partial charge is 0.467 e. The van der Waals surface area contributed by atoms with E-state index in [-0.39, 0.29) is 24.5 Å². The first-order chi connectivity index (χ1) is 13.9. The summed E-state index contributed by atoms with van der Waals surface area (Å²) in [6.45, 7) is 5.26. The number of ether oxygens (including phenoxy) is 2. The number of nitrogens with one attached hydrogen (secondary N) is 2. The van der Waals surface area contributed by atoms with Crippen LogP contribution >= 0.6 is 0 Å². The van der Waals surface area contributed by atoms with E-state index in [1.165, 1.54) is 6.26 Å². The zero-order valence-electron chi connectivity index (χ0n) is 16.4. The van der Waals surface area contributed by atoms with E-state index in [0.717, 1.165) is 11.1 Å². The number of hydrogen-bond donors (Lipinski definition) is 2. The number of esters is 2. The summed E-state index contributed by atoms with van der Waals surface area (Å²) >= 11 is 0. The summed E-state index contributed by atoms with van der Waals surface area (Å²) in [5.41, 5.74) is 2.48. The highest BCUT2D eigenvalue weighted by Crippen LogP contribution is 2.28. The van der Waals surface area contributed by atoms with Crippen molar-refractivity contribution in [3.05, 3.63) is 70.3 Å². The lowest BCUT2D eigenvalue weighted by Gasteiger charge is -2.27. The second-order valence-corrected chi connectivity index (χ2v) is 6.55. The van der Waals surface area contributed by atoms with E-state index >= 15 is 0 Å². The molecule has 2 N–H and O–H groups in total. The van der Waals surface area contributed by atoms with E-state index in [4.69, 9.17) is 13.9 Å². The first-order valence-corrected chi connectivity index (χ1v) is 9.16. The molecule has 8 heteroatoms. The molecule has 0 bridgehead atoms. The number of benzene rings is 1. The van der Waals surface area contributed by atoms with E-state index < -0.39 is 24.0 Å². The summed E-state index contributed by atoms with van der Waals surface area (Å²) in [4.78, 5) is 37.2. The topological polar surface area (TPSA) is 107 Å². The Morgan fingerprint density at radius 2 is 1.93 bits per heavy atom. The summed E-state index contributed by atoms with van der Waals surface area (Å²) in [6, 6.07) is 7.25. The number of furan rings is 1. The number of carbonyl (C=O) groups is 3. The van der Waals surface area contributed by atoms with Crippen LogP contribution in [0.3, 0.4) is 0 Å². The van der Waals surface area contributed by atoms with Gasteiger partial charge in [0.25, 0.3) is 0 Å². The van der Waals surface area contributed by atoms with Gasteiger partial charge in [0.2, 0.25) is 0 Å². The molecule has 0 aliphatic carbocycles. The van der Waals surface area contributed by atoms with Gasteiger partial charge in [0.15, 0.2) is 0 Å². The maximum absolute atomic E-state index is 12.6. The normalized spacial score (nSPS) is 16.1. The SMILES string of the molecule is CCOC(=O)C1=C(COC(=O)c2ccc(C)cc2C)NC(=O)NC1c1ccco1. The highest BCUT2D eigenvalue weighted by molar-refractivity contribution is 5.95. The third kappa shape index (κ3) is 4.48. The van der Waals surface area contributed by atoms with Gasteiger partial charge in [-0.1, -0.05) is 17.7 Å². The van der Waals surface area contributed by atoms with Crippen molar-refractivity contribution in [2.45, 2.75) is 26.8 Å². The molecule has 0 spiro atoms. The Labute approximate surface area is 167 Å². The summed E-state index contributed by atoms with van der Waals surface area (Å²) in [5.74, 6) is -0.833. The van der Waals surface area contributed by atoms with E-state index in [2.05, 4.69) is 10.6 Å². The first-order valence-electron chi connectivity index (χ1n) is 9.16. The summed E-state index contributed by atoms with van der Waals surface area (Å²) in [6.07, 6.45) is 1.44. The smallest absolute Gasteiger partial charge is 0.338 e. The molecule has 1 aromatic carbocycles. The Morgan fingerprint density at radius 3 is 2.59 bits per heavy atom. The van der Waals surface area contributed by atoms with E-state index in [0.29, 0.717) is 11.3 Å². The van der Waals surface area contributed by atoms with Crippen LogP contribution < -0.4 is 10.6 Å². The van der Waals surface area contributed by atoms with Gasteiger partial charge in [-0.3, -0.25) is 0 Å². The van der Waals surface area contributed by atoms with Crippen molar-refractivity contribution in [1.82, 2.24) is 10.6 Å². The molecular formula is C21H22N2O6. The fourth-order valence-corrected chi connectivity index (χ4v) is 3.11. The molecule has 0 fully saturated rings. The van der Waals surface area contributed by atoms with Crippen molar-refractivity contribution in [3.8, 4) is 0 Å². The van der Waals surface area contributed by atoms with Crippen LogP contribution in [-0.2, 0) is 14.3 Å². The molecule has 2 aromatic rings. The quantitative estimate of drug-likeness (QED) is 0.725. The minimum Gasteiger partial charge on any atom is -0.467 e. The molecule has 3 rings (SSSR count). The number of hydrogen-bond acceptors (Lipinski definition) is 6. The Bertz CT molecular complexity index is 962. The van der Waals surface area contributed by atoms with Gasteiger partial charge in [0.05, 0.1) is 29.7 Å². The molecule has 1 atom stereocenters. The maximum Gasteiger partial charge on any atom is 0.338 e. The predicted octanol–water partition coefficient (Wildman–Crippen LogP) is 2.92. The second kappa shape index (κ2) is 8.64. The lowest BCUT2D eigenvalue weighted by atomic mass is 10.0. The predicted molar refractivity (Wildman–Crippen MR) is 103 cm³/mol. The molecule has 29 heavy (non-hydrogen) atoms. The Kier molecular flexibility index (Phi) is 6.01. The van der Waals surface area contributed by atoms with Crippen LogP contribution in [0.15, 0.2) is 52.3 Å². The second-order valence-electron chi connectivity index (χ2n) is 6.55. The minimum atomic E-state index is -0.854. The molecular weight excluding hydrogens is 376 g/mol. The van der Waals surface area contributed by atoms with Crippen LogP contribution in [0.4, 0.5) is 4.79 Å². The zero-order valence-corrected chi connectivity index (χ0v) is 16.4. The van der Waals surface area contributed by atoms with Crippen molar-refractivity contribution in [2.24, 2.45) is 0 Å². The summed E-state index contributed by atoms with van der Waals surface area (Å²) < 4.78 is 15.9. The van der Waals surface area contributed by atoms with Crippen molar-refractivity contribution < 1.29 is 28.3 Å². The number of urea groups is 1. The zero-order chi connectivity index (χ0) is 21.0. The third-order valence-electron chi connectivity index (χ3n) is 4.43. The van der Waals surface area contributed by atoms with Crippen molar-refractivity contribution in [3.63, 3.8) is 0 Å². The van der Waals surface area contributed by atoms with Gasteiger partial charge in [-0.25, -0.2) is 14.4 Å². The Balaban J connectivity index is 1.89. The fraction of sp³-hybridized carbons (Fsp3) is 0.286. The lowest BCUT2D eigenvalue weighted by Crippen LogP contribution is -2.47. The first kappa shape index (κ1) is 20.2. The molecule has 152 valence electrons. The molecule has 0 saturated carbocycles. The minimum absolute atomic E-state index is 0.120. The summed E-state index contributed by atoms with van der Waals surface area (Å²) in [5, 5.41) is 5.17. The van der Waals surface area contributed by atoms with Gasteiger partial charge in [-0.05, 0) is 44.5 Å². The van der Waals surface area contributed by atoms with Gasteiger partial charge in [0, 0.05) is 0 Å². The fourth-order valence-electron chi connectivity index (χ4n) is 3.11. The maximum atomic E-state index is 12.6. The van der Waals surface area contributed by atoms with E-state index in [9.17, 15) is 14.4 Å². The molecule has 0 radical (unpaired) electrons. The molecule has 1 aliphatic heterocycles. The molecule has 8 nitrogen and oxygen atoms in total. The molecule has 1 aromatic heterocycles. The van der Waals surface area contributed by atoms with Gasteiger partial charge < -0.3 is 24.5 Å². The average Bonchev–Trinajstić information content (AvgIpc) is 3.20. The molecule has 2 heterocycles. The van der Waals surface area contributed by atoms with Gasteiger partial charge in [0.1, 0.15) is 18.4 Å². The Morgan fingerprint density at radius 1 is 1.14 bits per heavy atom. The highest BCUT2D eigenvalue weighted by Gasteiger charge is 2.35. The van der Waals surface area contributed by atoms with E-state index in [1.54, 1.807) is 25.1 Å². The van der Waals surface area contributed by atoms with Gasteiger partial charge in [-0.15, -0.1) is 0 Å². The average molecular weight is 398 g/mol. The van der Waals surface area contributed by atoms with Gasteiger partial charge in [-0.2, -0.15) is 0 Å². The molecule has 0 saturated heterocycles. The van der Waals surface area contributed by atoms with Crippen molar-refractivity contribution in [1.29, 1.82) is 0 Å². The van der Waals surface area contributed by atoms with Crippen LogP contribution in [0.2, 0.25) is 0 Å². The molecule has 2 amide bonds. The third-order valence-corrected chi connectivity index (χ3v) is 4.43. The monoisotopic (exact) mass is 398 g/mol. The number of aryl methyl sites for hydroxylation is 2. The van der Waals surface area contributed by atoms with Crippen LogP contribution in [0, 0.1) is 13.8 Å². The number of rotatable bonds is 6. The molecule has 1 unspecified atom stereocenters. The number of carbonyl (C=O) groups excluding carboxylic acids is 3. The van der Waals surface area contributed by atoms with E-state index in [1.807, 2.05) is 26.0 Å². The number of amides is 2.